The highest BCUT2D eigenvalue weighted by atomic mass is 35.5. The molecule has 1 aromatic rings. The van der Waals surface area contributed by atoms with Gasteiger partial charge in [-0.15, -0.1) is 12.4 Å². The molecule has 4 amide bonds. The van der Waals surface area contributed by atoms with Gasteiger partial charge in [-0.3, -0.25) is 33.1 Å². The summed E-state index contributed by atoms with van der Waals surface area (Å²) in [4.78, 5) is 68.7. The topological polar surface area (TPSA) is 202 Å². The number of nitrogens with one attached hydrogen (secondary N) is 1. The number of phenolic OH excluding ortho intramolecular Hbond substituents is 1. The number of nitrogens with zero attached hydrogens (tertiary/aromatic N) is 2. The molecule has 1 fully saturated rings. The Morgan fingerprint density at radius 2 is 1.62 bits per heavy atom. The molecule has 0 heterocycles. The fourth-order valence-electron chi connectivity index (χ4n) is 6.34. The molecular weight excluding hydrogens is 686 g/mol. The standard InChI is InChI=1S/C35H57N5O8S.ClH/c1-23-18-26(41)19-24(2)27(23)21-29(37)33(44)38-22-31(42)40(34(45)28(36)15-17-49(5)47)35(46)30(20-25-12-8-6-9-13-25)39(3)16-11-7-10-14-32(43)48-4;/h18-19,25,28-30,41H,6-17,20-22,36-37H2,1-5H3,(H,38,44);1H/t28?,29-,30-,49?;/m0./s1. The van der Waals surface area contributed by atoms with Gasteiger partial charge in [-0.2, -0.15) is 0 Å². The lowest BCUT2D eigenvalue weighted by molar-refractivity contribution is -0.157. The van der Waals surface area contributed by atoms with Crippen LogP contribution >= 0.6 is 12.4 Å². The highest BCUT2D eigenvalue weighted by Gasteiger charge is 2.39. The van der Waals surface area contributed by atoms with Gasteiger partial charge in [0.15, 0.2) is 0 Å². The third-order valence-electron chi connectivity index (χ3n) is 9.30. The van der Waals surface area contributed by atoms with E-state index in [0.717, 1.165) is 55.2 Å². The molecule has 2 rings (SSSR count). The third-order valence-corrected chi connectivity index (χ3v) is 10.1. The molecular formula is C35H58ClN5O8S. The van der Waals surface area contributed by atoms with E-state index < -0.39 is 59.1 Å². The number of nitrogens with two attached hydrogens (primary N) is 2. The second kappa shape index (κ2) is 22.8. The quantitative estimate of drug-likeness (QED) is 0.120. The van der Waals surface area contributed by atoms with E-state index in [1.165, 1.54) is 13.4 Å². The van der Waals surface area contributed by atoms with Crippen LogP contribution in [0.4, 0.5) is 0 Å². The van der Waals surface area contributed by atoms with Crippen LogP contribution in [-0.2, 0) is 45.9 Å². The van der Waals surface area contributed by atoms with E-state index >= 15 is 0 Å². The van der Waals surface area contributed by atoms with Crippen LogP contribution in [0.1, 0.15) is 87.3 Å². The fourth-order valence-corrected chi connectivity index (χ4v) is 6.92. The first-order valence-corrected chi connectivity index (χ1v) is 18.9. The number of carbonyl (C=O) groups is 5. The van der Waals surface area contributed by atoms with Gasteiger partial charge >= 0.3 is 5.97 Å². The lowest BCUT2D eigenvalue weighted by atomic mass is 9.84. The molecule has 6 N–H and O–H groups in total. The zero-order valence-corrected chi connectivity index (χ0v) is 31.9. The Labute approximate surface area is 305 Å². The largest absolute Gasteiger partial charge is 0.508 e. The van der Waals surface area contributed by atoms with Gasteiger partial charge in [0.1, 0.15) is 5.75 Å². The Balaban J connectivity index is 0.0000125. The number of methoxy groups -OCH3 is 1. The molecule has 50 heavy (non-hydrogen) atoms. The number of rotatable bonds is 19. The Morgan fingerprint density at radius 3 is 2.20 bits per heavy atom. The molecule has 13 nitrogen and oxygen atoms in total. The molecule has 0 aromatic heterocycles. The molecule has 1 aromatic carbocycles. The van der Waals surface area contributed by atoms with Crippen LogP contribution in [-0.4, -0.2) is 106 Å². The number of phenols is 1. The molecule has 0 bridgehead atoms. The normalized spacial score (nSPS) is 15.7. The number of unbranched alkanes of at least 4 members (excludes halogenated alkanes) is 2. The molecule has 1 aliphatic rings. The summed E-state index contributed by atoms with van der Waals surface area (Å²) in [6.07, 6.45) is 9.49. The summed E-state index contributed by atoms with van der Waals surface area (Å²) < 4.78 is 16.5. The fraction of sp³-hybridized carbons (Fsp3) is 0.686. The van der Waals surface area contributed by atoms with E-state index in [1.807, 2.05) is 4.90 Å². The minimum atomic E-state index is -1.26. The number of likely N-dealkylation sites (N-methyl/N-ethyl adjacent to an activating group) is 1. The first kappa shape index (κ1) is 45.1. The average Bonchev–Trinajstić information content (AvgIpc) is 3.06. The van der Waals surface area contributed by atoms with Crippen LogP contribution in [0.25, 0.3) is 0 Å². The van der Waals surface area contributed by atoms with Crippen LogP contribution in [0.15, 0.2) is 12.1 Å². The number of carbonyl (C=O) groups excluding carboxylic acids is 5. The van der Waals surface area contributed by atoms with Gasteiger partial charge in [0, 0.05) is 29.2 Å². The maximum absolute atomic E-state index is 14.3. The van der Waals surface area contributed by atoms with Crippen molar-refractivity contribution in [2.45, 2.75) is 109 Å². The summed E-state index contributed by atoms with van der Waals surface area (Å²) in [7, 11) is 1.88. The third kappa shape index (κ3) is 14.7. The van der Waals surface area contributed by atoms with E-state index in [4.69, 9.17) is 16.2 Å². The van der Waals surface area contributed by atoms with Crippen molar-refractivity contribution in [2.75, 3.05) is 39.3 Å². The number of ether oxygens (including phenoxy) is 1. The Bertz CT molecular complexity index is 1300. The van der Waals surface area contributed by atoms with Gasteiger partial charge in [0.2, 0.25) is 5.91 Å². The van der Waals surface area contributed by atoms with Crippen molar-refractivity contribution in [2.24, 2.45) is 17.4 Å². The minimum Gasteiger partial charge on any atom is -0.508 e. The van der Waals surface area contributed by atoms with Crippen molar-refractivity contribution >= 4 is 52.8 Å². The number of esters is 1. The summed E-state index contributed by atoms with van der Waals surface area (Å²) >= 11 is 0. The molecule has 15 heteroatoms. The Hall–Kier alpha value is -2.91. The summed E-state index contributed by atoms with van der Waals surface area (Å²) in [5, 5.41) is 12.3. The van der Waals surface area contributed by atoms with Gasteiger partial charge in [-0.1, -0.05) is 38.5 Å². The van der Waals surface area contributed by atoms with E-state index in [2.05, 4.69) is 5.32 Å². The van der Waals surface area contributed by atoms with Crippen molar-refractivity contribution in [3.63, 3.8) is 0 Å². The molecule has 0 saturated heterocycles. The molecule has 2 unspecified atom stereocenters. The van der Waals surface area contributed by atoms with Crippen LogP contribution in [0, 0.1) is 19.8 Å². The highest BCUT2D eigenvalue weighted by molar-refractivity contribution is 7.84. The first-order valence-electron chi connectivity index (χ1n) is 17.2. The van der Waals surface area contributed by atoms with E-state index in [1.54, 1.807) is 33.0 Å². The number of aryl methyl sites for hydroxylation is 2. The van der Waals surface area contributed by atoms with Crippen LogP contribution in [0.2, 0.25) is 0 Å². The summed E-state index contributed by atoms with van der Waals surface area (Å²) in [5.41, 5.74) is 14.7. The molecule has 1 aliphatic carbocycles. The Morgan fingerprint density at radius 1 is 1.00 bits per heavy atom. The SMILES string of the molecule is COC(=O)CCCCCN(C)[C@@H](CC1CCCCC1)C(=O)N(C(=O)CNC(=O)[C@@H](N)Cc1c(C)cc(O)cc1C)C(=O)C(N)CCS(C)=O.Cl. The number of halogens is 1. The van der Waals surface area contributed by atoms with Crippen molar-refractivity contribution in [3.05, 3.63) is 28.8 Å². The molecule has 284 valence electrons. The van der Waals surface area contributed by atoms with Gasteiger partial charge in [-0.25, -0.2) is 4.90 Å². The van der Waals surface area contributed by atoms with E-state index in [0.29, 0.717) is 37.1 Å². The van der Waals surface area contributed by atoms with Crippen molar-refractivity contribution in [3.8, 4) is 5.75 Å². The smallest absolute Gasteiger partial charge is 0.305 e. The minimum absolute atomic E-state index is 0. The summed E-state index contributed by atoms with van der Waals surface area (Å²) in [6.45, 7) is 3.43. The van der Waals surface area contributed by atoms with Gasteiger partial charge < -0.3 is 26.6 Å². The highest BCUT2D eigenvalue weighted by Crippen LogP contribution is 2.29. The zero-order chi connectivity index (χ0) is 36.7. The van der Waals surface area contributed by atoms with E-state index in [9.17, 15) is 33.3 Å². The number of aromatic hydroxyl groups is 1. The van der Waals surface area contributed by atoms with Gasteiger partial charge in [-0.05, 0) is 94.3 Å². The van der Waals surface area contributed by atoms with Gasteiger partial charge in [0.25, 0.3) is 17.7 Å². The lowest BCUT2D eigenvalue weighted by Crippen LogP contribution is -2.58. The molecule has 0 aliphatic heterocycles. The van der Waals surface area contributed by atoms with E-state index in [-0.39, 0.29) is 48.6 Å². The molecule has 0 spiro atoms. The average molecular weight is 744 g/mol. The van der Waals surface area contributed by atoms with Crippen LogP contribution in [0.5, 0.6) is 5.75 Å². The zero-order valence-electron chi connectivity index (χ0n) is 30.2. The number of benzene rings is 1. The number of amides is 4. The van der Waals surface area contributed by atoms with Crippen molar-refractivity contribution in [1.29, 1.82) is 0 Å². The Kier molecular flexibility index (Phi) is 20.6. The predicted molar refractivity (Wildman–Crippen MR) is 196 cm³/mol. The second-order valence-electron chi connectivity index (χ2n) is 13.3. The summed E-state index contributed by atoms with van der Waals surface area (Å²) in [6, 6.07) is 0.0513. The number of hydrogen-bond donors (Lipinski definition) is 4. The maximum atomic E-state index is 14.3. The van der Waals surface area contributed by atoms with Gasteiger partial charge in [0.05, 0.1) is 31.8 Å². The summed E-state index contributed by atoms with van der Waals surface area (Å²) in [5.74, 6) is -3.03. The lowest BCUT2D eigenvalue weighted by Gasteiger charge is -2.35. The molecule has 4 atom stereocenters. The van der Waals surface area contributed by atoms with Crippen molar-refractivity contribution < 1.29 is 38.0 Å². The van der Waals surface area contributed by atoms with Crippen molar-refractivity contribution in [1.82, 2.24) is 15.1 Å². The first-order chi connectivity index (χ1) is 23.2. The van der Waals surface area contributed by atoms with Crippen LogP contribution < -0.4 is 16.8 Å². The monoisotopic (exact) mass is 743 g/mol. The maximum Gasteiger partial charge on any atom is 0.305 e. The number of imide groups is 3. The molecule has 0 radical (unpaired) electrons. The molecule has 1 saturated carbocycles. The second-order valence-corrected chi connectivity index (χ2v) is 14.8. The van der Waals surface area contributed by atoms with Crippen LogP contribution in [0.3, 0.4) is 0 Å². The predicted octanol–water partition coefficient (Wildman–Crippen LogP) is 2.40. The number of hydrogen-bond acceptors (Lipinski definition) is 11.